The number of rotatable bonds is 3. The molecule has 1 atom stereocenters. The summed E-state index contributed by atoms with van der Waals surface area (Å²) in [7, 11) is 0. The van der Waals surface area contributed by atoms with Gasteiger partial charge >= 0.3 is 6.18 Å². The monoisotopic (exact) mass is 344 g/mol. The molecule has 0 aliphatic carbocycles. The van der Waals surface area contributed by atoms with Crippen molar-refractivity contribution < 1.29 is 18.0 Å². The molecule has 0 saturated carbocycles. The third-order valence-electron chi connectivity index (χ3n) is 3.84. The number of piperidine rings is 1. The Morgan fingerprint density at radius 3 is 2.96 bits per heavy atom. The molecule has 0 aromatic carbocycles. The molecule has 0 unspecified atom stereocenters. The van der Waals surface area contributed by atoms with E-state index in [9.17, 15) is 18.0 Å². The van der Waals surface area contributed by atoms with Crippen molar-refractivity contribution in [3.05, 3.63) is 34.0 Å². The number of alkyl halides is 3. The number of halogens is 3. The maximum atomic E-state index is 12.7. The Morgan fingerprint density at radius 1 is 1.48 bits per heavy atom. The standard InChI is InChI=1S/C14H15F3N4OS/c15-14(16,17)11-8-23-13(19-11)9-2-1-5-21(7-9)12(22)6-10-3-4-18-20-10/h3-4,8-9H,1-2,5-7H2,(H,18,20)/t9-/m0/s1. The summed E-state index contributed by atoms with van der Waals surface area (Å²) in [4.78, 5) is 17.7. The van der Waals surface area contributed by atoms with Gasteiger partial charge < -0.3 is 4.90 Å². The second-order valence-corrected chi connectivity index (χ2v) is 6.40. The van der Waals surface area contributed by atoms with Crippen molar-refractivity contribution in [2.45, 2.75) is 31.4 Å². The average Bonchev–Trinajstić information content (AvgIpc) is 3.18. The summed E-state index contributed by atoms with van der Waals surface area (Å²) in [5.41, 5.74) is -0.121. The first-order valence-corrected chi connectivity index (χ1v) is 8.10. The van der Waals surface area contributed by atoms with Gasteiger partial charge in [-0.05, 0) is 18.9 Å². The molecule has 0 bridgehead atoms. The molecule has 2 aromatic rings. The Hall–Kier alpha value is -1.90. The molecule has 124 valence electrons. The number of H-pyrrole nitrogens is 1. The molecule has 1 N–H and O–H groups in total. The predicted molar refractivity (Wildman–Crippen MR) is 78.0 cm³/mol. The molecule has 5 nitrogen and oxygen atoms in total. The largest absolute Gasteiger partial charge is 0.434 e. The highest BCUT2D eigenvalue weighted by molar-refractivity contribution is 7.09. The number of carbonyl (C=O) groups is 1. The summed E-state index contributed by atoms with van der Waals surface area (Å²) >= 11 is 1.02. The van der Waals surface area contributed by atoms with Crippen LogP contribution >= 0.6 is 11.3 Å². The normalized spacial score (nSPS) is 19.1. The van der Waals surface area contributed by atoms with Gasteiger partial charge in [0.2, 0.25) is 5.91 Å². The van der Waals surface area contributed by atoms with Crippen molar-refractivity contribution in [1.29, 1.82) is 0 Å². The Kier molecular flexibility index (Phi) is 4.38. The van der Waals surface area contributed by atoms with Crippen LogP contribution in [0.25, 0.3) is 0 Å². The molecule has 0 spiro atoms. The Labute approximate surface area is 134 Å². The van der Waals surface area contributed by atoms with Crippen LogP contribution in [-0.4, -0.2) is 39.1 Å². The summed E-state index contributed by atoms with van der Waals surface area (Å²) in [5.74, 6) is -0.179. The summed E-state index contributed by atoms with van der Waals surface area (Å²) in [6.45, 7) is 1.04. The van der Waals surface area contributed by atoms with Crippen LogP contribution in [-0.2, 0) is 17.4 Å². The van der Waals surface area contributed by atoms with Crippen molar-refractivity contribution in [2.24, 2.45) is 0 Å². The second kappa shape index (κ2) is 6.31. The molecule has 0 radical (unpaired) electrons. The van der Waals surface area contributed by atoms with Crippen molar-refractivity contribution in [2.75, 3.05) is 13.1 Å². The van der Waals surface area contributed by atoms with Crippen LogP contribution in [0.4, 0.5) is 13.2 Å². The maximum Gasteiger partial charge on any atom is 0.434 e. The first kappa shape index (κ1) is 16.0. The van der Waals surface area contributed by atoms with Gasteiger partial charge in [-0.1, -0.05) is 0 Å². The number of aromatic nitrogens is 3. The summed E-state index contributed by atoms with van der Waals surface area (Å²) < 4.78 is 38.0. The highest BCUT2D eigenvalue weighted by Gasteiger charge is 2.35. The van der Waals surface area contributed by atoms with E-state index in [1.807, 2.05) is 0 Å². The van der Waals surface area contributed by atoms with E-state index in [0.717, 1.165) is 35.3 Å². The zero-order valence-corrected chi connectivity index (χ0v) is 13.0. The molecule has 1 saturated heterocycles. The lowest BCUT2D eigenvalue weighted by Gasteiger charge is -2.31. The summed E-state index contributed by atoms with van der Waals surface area (Å²) in [6, 6.07) is 1.73. The van der Waals surface area contributed by atoms with E-state index in [1.165, 1.54) is 0 Å². The molecule has 1 aliphatic rings. The minimum Gasteiger partial charge on any atom is -0.342 e. The van der Waals surface area contributed by atoms with Gasteiger partial charge in [-0.15, -0.1) is 11.3 Å². The van der Waals surface area contributed by atoms with E-state index in [-0.39, 0.29) is 18.2 Å². The predicted octanol–water partition coefficient (Wildman–Crippen LogP) is 2.83. The van der Waals surface area contributed by atoms with E-state index in [1.54, 1.807) is 17.2 Å². The van der Waals surface area contributed by atoms with Gasteiger partial charge in [-0.25, -0.2) is 4.98 Å². The highest BCUT2D eigenvalue weighted by Crippen LogP contribution is 2.35. The fourth-order valence-corrected chi connectivity index (χ4v) is 3.62. The van der Waals surface area contributed by atoms with Crippen LogP contribution < -0.4 is 0 Å². The number of carbonyl (C=O) groups excluding carboxylic acids is 1. The number of thiazole rings is 1. The number of aromatic amines is 1. The number of likely N-dealkylation sites (tertiary alicyclic amines) is 1. The Bertz CT molecular complexity index is 668. The van der Waals surface area contributed by atoms with E-state index in [2.05, 4.69) is 15.2 Å². The molecule has 2 aromatic heterocycles. The van der Waals surface area contributed by atoms with Gasteiger partial charge in [-0.2, -0.15) is 18.3 Å². The number of nitrogens with one attached hydrogen (secondary N) is 1. The maximum absolute atomic E-state index is 12.7. The molecular weight excluding hydrogens is 329 g/mol. The van der Waals surface area contributed by atoms with Crippen molar-refractivity contribution >= 4 is 17.2 Å². The van der Waals surface area contributed by atoms with Crippen LogP contribution in [0.15, 0.2) is 17.6 Å². The number of hydrogen-bond donors (Lipinski definition) is 1. The molecule has 3 heterocycles. The van der Waals surface area contributed by atoms with Crippen LogP contribution in [0.5, 0.6) is 0 Å². The van der Waals surface area contributed by atoms with Gasteiger partial charge in [0.05, 0.1) is 11.4 Å². The fourth-order valence-electron chi connectivity index (χ4n) is 2.67. The van der Waals surface area contributed by atoms with Crippen LogP contribution in [0, 0.1) is 0 Å². The first-order chi connectivity index (χ1) is 10.9. The summed E-state index contributed by atoms with van der Waals surface area (Å²) in [5, 5.41) is 8.03. The van der Waals surface area contributed by atoms with Crippen molar-refractivity contribution in [3.8, 4) is 0 Å². The zero-order chi connectivity index (χ0) is 16.4. The van der Waals surface area contributed by atoms with Crippen molar-refractivity contribution in [3.63, 3.8) is 0 Å². The van der Waals surface area contributed by atoms with Gasteiger partial charge in [0.1, 0.15) is 0 Å². The van der Waals surface area contributed by atoms with Crippen LogP contribution in [0.3, 0.4) is 0 Å². The smallest absolute Gasteiger partial charge is 0.342 e. The molecule has 23 heavy (non-hydrogen) atoms. The number of amides is 1. The fraction of sp³-hybridized carbons (Fsp3) is 0.500. The number of hydrogen-bond acceptors (Lipinski definition) is 4. The molecular formula is C14H15F3N4OS. The molecule has 1 amide bonds. The lowest BCUT2D eigenvalue weighted by molar-refractivity contribution is -0.141. The minimum absolute atomic E-state index is 0.0495. The molecule has 3 rings (SSSR count). The van der Waals surface area contributed by atoms with E-state index in [0.29, 0.717) is 18.1 Å². The first-order valence-electron chi connectivity index (χ1n) is 7.22. The van der Waals surface area contributed by atoms with E-state index < -0.39 is 11.9 Å². The minimum atomic E-state index is -4.42. The van der Waals surface area contributed by atoms with Gasteiger partial charge in [0.25, 0.3) is 0 Å². The van der Waals surface area contributed by atoms with E-state index in [4.69, 9.17) is 0 Å². The Morgan fingerprint density at radius 2 is 2.30 bits per heavy atom. The zero-order valence-electron chi connectivity index (χ0n) is 12.1. The summed E-state index contributed by atoms with van der Waals surface area (Å²) in [6.07, 6.45) is -1.10. The van der Waals surface area contributed by atoms with Gasteiger partial charge in [-0.3, -0.25) is 9.89 Å². The average molecular weight is 344 g/mol. The number of nitrogens with zero attached hydrogens (tertiary/aromatic N) is 3. The third kappa shape index (κ3) is 3.72. The van der Waals surface area contributed by atoms with Crippen LogP contribution in [0.1, 0.15) is 35.2 Å². The molecule has 9 heteroatoms. The lowest BCUT2D eigenvalue weighted by Crippen LogP contribution is -2.40. The topological polar surface area (TPSA) is 61.9 Å². The van der Waals surface area contributed by atoms with Gasteiger partial charge in [0.15, 0.2) is 5.69 Å². The SMILES string of the molecule is O=C(Cc1ccn[nH]1)N1CCC[C@H](c2nc(C(F)(F)F)cs2)C1. The lowest BCUT2D eigenvalue weighted by atomic mass is 9.98. The molecule has 1 fully saturated rings. The highest BCUT2D eigenvalue weighted by atomic mass is 32.1. The molecule has 1 aliphatic heterocycles. The second-order valence-electron chi connectivity index (χ2n) is 5.51. The third-order valence-corrected chi connectivity index (χ3v) is 4.84. The van der Waals surface area contributed by atoms with Crippen molar-refractivity contribution in [1.82, 2.24) is 20.1 Å². The quantitative estimate of drug-likeness (QED) is 0.931. The Balaban J connectivity index is 1.66. The van der Waals surface area contributed by atoms with Gasteiger partial charge in [0, 0.05) is 36.3 Å². The van der Waals surface area contributed by atoms with E-state index >= 15 is 0 Å². The van der Waals surface area contributed by atoms with Crippen LogP contribution in [0.2, 0.25) is 0 Å².